The van der Waals surface area contributed by atoms with Crippen molar-refractivity contribution in [1.82, 2.24) is 0 Å². The first-order valence-electron chi connectivity index (χ1n) is 17.5. The van der Waals surface area contributed by atoms with Crippen LogP contribution < -0.4 is 0 Å². The summed E-state index contributed by atoms with van der Waals surface area (Å²) < 4.78 is 6.82. The van der Waals surface area contributed by atoms with Crippen molar-refractivity contribution >= 4 is 54.3 Å². The van der Waals surface area contributed by atoms with Gasteiger partial charge in [0.15, 0.2) is 0 Å². The lowest BCUT2D eigenvalue weighted by molar-refractivity contribution is 0.660. The van der Waals surface area contributed by atoms with Gasteiger partial charge in [-0.1, -0.05) is 159 Å². The first-order valence-corrected chi connectivity index (χ1v) is 17.5. The quantitative estimate of drug-likeness (QED) is 0.176. The summed E-state index contributed by atoms with van der Waals surface area (Å²) in [5, 5.41) is 10.1. The van der Waals surface area contributed by atoms with Gasteiger partial charge in [-0.25, -0.2) is 0 Å². The SMILES string of the molecule is CC1(C)c2ccccc2-c2ccc(-c3cccc4c3oc3cccc(-c5ccc6ccc7c(-c8ccccc8)ccc8ccc5c6c87)c34)cc21. The molecule has 1 heteroatoms. The Morgan fingerprint density at radius 2 is 1.00 bits per heavy atom. The third-order valence-electron chi connectivity index (χ3n) is 11.5. The third-order valence-corrected chi connectivity index (χ3v) is 11.5. The van der Waals surface area contributed by atoms with E-state index in [1.54, 1.807) is 0 Å². The molecule has 1 aliphatic carbocycles. The van der Waals surface area contributed by atoms with Crippen LogP contribution in [0, 0.1) is 0 Å². The van der Waals surface area contributed by atoms with Crippen LogP contribution in [0.2, 0.25) is 0 Å². The summed E-state index contributed by atoms with van der Waals surface area (Å²) in [6.45, 7) is 4.68. The number of benzene rings is 9. The Labute approximate surface area is 290 Å². The lowest BCUT2D eigenvalue weighted by Crippen LogP contribution is -2.14. The molecule has 1 nitrogen and oxygen atoms in total. The van der Waals surface area contributed by atoms with Gasteiger partial charge in [0.2, 0.25) is 0 Å². The van der Waals surface area contributed by atoms with Crippen LogP contribution in [0.5, 0.6) is 0 Å². The smallest absolute Gasteiger partial charge is 0.143 e. The molecule has 0 unspecified atom stereocenters. The van der Waals surface area contributed by atoms with Gasteiger partial charge in [-0.05, 0) is 94.5 Å². The maximum Gasteiger partial charge on any atom is 0.143 e. The largest absolute Gasteiger partial charge is 0.455 e. The molecule has 50 heavy (non-hydrogen) atoms. The zero-order valence-electron chi connectivity index (χ0n) is 27.9. The molecule has 0 N–H and O–H groups in total. The lowest BCUT2D eigenvalue weighted by Gasteiger charge is -2.22. The van der Waals surface area contributed by atoms with Gasteiger partial charge in [-0.15, -0.1) is 0 Å². The van der Waals surface area contributed by atoms with Gasteiger partial charge in [0.25, 0.3) is 0 Å². The predicted molar refractivity (Wildman–Crippen MR) is 211 cm³/mol. The highest BCUT2D eigenvalue weighted by atomic mass is 16.3. The van der Waals surface area contributed by atoms with Crippen molar-refractivity contribution in [2.45, 2.75) is 19.3 Å². The van der Waals surface area contributed by atoms with E-state index >= 15 is 0 Å². The zero-order valence-corrected chi connectivity index (χ0v) is 27.9. The Hall–Kier alpha value is -6.18. The first-order chi connectivity index (χ1) is 24.6. The summed E-state index contributed by atoms with van der Waals surface area (Å²) in [5.41, 5.74) is 14.5. The van der Waals surface area contributed by atoms with Crippen LogP contribution in [0.1, 0.15) is 25.0 Å². The summed E-state index contributed by atoms with van der Waals surface area (Å²) >= 11 is 0. The average molecular weight is 637 g/mol. The summed E-state index contributed by atoms with van der Waals surface area (Å²) in [5.74, 6) is 0. The van der Waals surface area contributed by atoms with Crippen molar-refractivity contribution in [3.63, 3.8) is 0 Å². The van der Waals surface area contributed by atoms with Gasteiger partial charge in [-0.3, -0.25) is 0 Å². The Bertz CT molecular complexity index is 2990. The van der Waals surface area contributed by atoms with Crippen LogP contribution in [0.4, 0.5) is 0 Å². The molecule has 1 aliphatic rings. The fourth-order valence-corrected chi connectivity index (χ4v) is 9.08. The monoisotopic (exact) mass is 636 g/mol. The molecule has 9 aromatic carbocycles. The maximum atomic E-state index is 6.82. The van der Waals surface area contributed by atoms with E-state index in [1.807, 2.05) is 0 Å². The zero-order chi connectivity index (χ0) is 33.1. The minimum Gasteiger partial charge on any atom is -0.455 e. The van der Waals surface area contributed by atoms with E-state index in [4.69, 9.17) is 4.42 Å². The Balaban J connectivity index is 1.13. The molecule has 0 fully saturated rings. The van der Waals surface area contributed by atoms with E-state index in [1.165, 1.54) is 87.8 Å². The molecule has 1 aromatic heterocycles. The molecule has 1 heterocycles. The predicted octanol–water partition coefficient (Wildman–Crippen LogP) is 13.8. The molecule has 0 radical (unpaired) electrons. The Morgan fingerprint density at radius 1 is 0.380 bits per heavy atom. The first kappa shape index (κ1) is 27.7. The molecule has 0 aliphatic heterocycles. The van der Waals surface area contributed by atoms with E-state index in [0.717, 1.165) is 22.1 Å². The third kappa shape index (κ3) is 3.67. The molecule has 0 saturated carbocycles. The number of para-hydroxylation sites is 1. The normalized spacial score (nSPS) is 13.6. The van der Waals surface area contributed by atoms with Gasteiger partial charge in [0.05, 0.1) is 0 Å². The maximum absolute atomic E-state index is 6.82. The number of hydrogen-bond acceptors (Lipinski definition) is 1. The van der Waals surface area contributed by atoms with Crippen molar-refractivity contribution in [1.29, 1.82) is 0 Å². The molecule has 234 valence electrons. The summed E-state index contributed by atoms with van der Waals surface area (Å²) in [7, 11) is 0. The molecule has 11 rings (SSSR count). The van der Waals surface area contributed by atoms with Crippen molar-refractivity contribution in [3.05, 3.63) is 169 Å². The standard InChI is InChI=1S/C49H32O/c1-49(2)42-16-7-6-12-36(42)37-25-22-32(28-43(37)49)34-13-8-15-41-47-38(14-9-17-44(47)50-48(34)41)35-24-19-31-20-26-39-33(29-10-4-3-5-11-29)23-18-30-21-27-40(35)46(31)45(30)39/h3-28H,1-2H3. The van der Waals surface area contributed by atoms with Gasteiger partial charge < -0.3 is 4.42 Å². The van der Waals surface area contributed by atoms with Crippen molar-refractivity contribution in [2.75, 3.05) is 0 Å². The van der Waals surface area contributed by atoms with Gasteiger partial charge in [0, 0.05) is 21.8 Å². The number of hydrogen-bond donors (Lipinski definition) is 0. The number of furan rings is 1. The molecule has 0 amide bonds. The molecular formula is C49H32O. The second-order valence-electron chi connectivity index (χ2n) is 14.4. The number of fused-ring (bicyclic) bond motifs is 6. The summed E-state index contributed by atoms with van der Waals surface area (Å²) in [6, 6.07) is 58.0. The number of rotatable bonds is 3. The molecule has 0 spiro atoms. The van der Waals surface area contributed by atoms with Gasteiger partial charge in [0.1, 0.15) is 11.2 Å². The van der Waals surface area contributed by atoms with Gasteiger partial charge >= 0.3 is 0 Å². The van der Waals surface area contributed by atoms with Crippen molar-refractivity contribution in [2.24, 2.45) is 0 Å². The van der Waals surface area contributed by atoms with Gasteiger partial charge in [-0.2, -0.15) is 0 Å². The molecule has 10 aromatic rings. The van der Waals surface area contributed by atoms with E-state index in [0.29, 0.717) is 0 Å². The highest BCUT2D eigenvalue weighted by Gasteiger charge is 2.35. The van der Waals surface area contributed by atoms with Crippen molar-refractivity contribution < 1.29 is 4.42 Å². The van der Waals surface area contributed by atoms with Crippen LogP contribution >= 0.6 is 0 Å². The Morgan fingerprint density at radius 3 is 1.82 bits per heavy atom. The highest BCUT2D eigenvalue weighted by molar-refractivity contribution is 6.29. The summed E-state index contributed by atoms with van der Waals surface area (Å²) in [6.07, 6.45) is 0. The van der Waals surface area contributed by atoms with Crippen LogP contribution in [-0.2, 0) is 5.41 Å². The Kier molecular flexibility index (Phi) is 5.51. The fraction of sp³-hybridized carbons (Fsp3) is 0.0612. The van der Waals surface area contributed by atoms with E-state index < -0.39 is 0 Å². The van der Waals surface area contributed by atoms with E-state index in [-0.39, 0.29) is 5.41 Å². The molecule has 0 bridgehead atoms. The molecule has 0 atom stereocenters. The topological polar surface area (TPSA) is 13.1 Å². The average Bonchev–Trinajstić information content (AvgIpc) is 3.66. The fourth-order valence-electron chi connectivity index (χ4n) is 9.08. The second kappa shape index (κ2) is 9.94. The van der Waals surface area contributed by atoms with Crippen LogP contribution in [0.25, 0.3) is 98.8 Å². The highest BCUT2D eigenvalue weighted by Crippen LogP contribution is 2.51. The van der Waals surface area contributed by atoms with E-state index in [9.17, 15) is 0 Å². The summed E-state index contributed by atoms with van der Waals surface area (Å²) in [4.78, 5) is 0. The molecular weight excluding hydrogens is 605 g/mol. The lowest BCUT2D eigenvalue weighted by atomic mass is 9.81. The van der Waals surface area contributed by atoms with E-state index in [2.05, 4.69) is 172 Å². The van der Waals surface area contributed by atoms with Crippen LogP contribution in [-0.4, -0.2) is 0 Å². The minimum absolute atomic E-state index is 0.0617. The van der Waals surface area contributed by atoms with Crippen LogP contribution in [0.3, 0.4) is 0 Å². The second-order valence-corrected chi connectivity index (χ2v) is 14.4. The minimum atomic E-state index is -0.0617. The van der Waals surface area contributed by atoms with Crippen molar-refractivity contribution in [3.8, 4) is 44.5 Å². The molecule has 0 saturated heterocycles. The van der Waals surface area contributed by atoms with Crippen LogP contribution in [0.15, 0.2) is 162 Å².